The molecular weight excluding hydrogens is 439 g/mol. The molecule has 166 valence electrons. The zero-order chi connectivity index (χ0) is 23.3. The minimum atomic E-state index is -4.52. The van der Waals surface area contributed by atoms with Crippen LogP contribution in [0.5, 0.6) is 0 Å². The fourth-order valence-electron chi connectivity index (χ4n) is 3.76. The van der Waals surface area contributed by atoms with Crippen molar-refractivity contribution in [3.8, 4) is 5.69 Å². The molecule has 0 fully saturated rings. The molecule has 0 saturated heterocycles. The zero-order valence-corrected chi connectivity index (χ0v) is 16.8. The first-order valence-corrected chi connectivity index (χ1v) is 9.82. The molecule has 0 bridgehead atoms. The quantitative estimate of drug-likeness (QED) is 0.444. The van der Waals surface area contributed by atoms with Gasteiger partial charge in [-0.2, -0.15) is 18.3 Å². The van der Waals surface area contributed by atoms with Crippen molar-refractivity contribution in [1.82, 2.24) is 24.2 Å². The van der Waals surface area contributed by atoms with E-state index in [1.807, 2.05) is 0 Å². The summed E-state index contributed by atoms with van der Waals surface area (Å²) >= 11 is 0. The number of carbonyl (C=O) groups excluding carboxylic acids is 2. The van der Waals surface area contributed by atoms with Gasteiger partial charge in [0, 0.05) is 13.1 Å². The Hall–Kier alpha value is -4.28. The van der Waals surface area contributed by atoms with E-state index >= 15 is 0 Å². The monoisotopic (exact) mass is 453 g/mol. The van der Waals surface area contributed by atoms with E-state index in [9.17, 15) is 27.6 Å². The highest BCUT2D eigenvalue weighted by Gasteiger charge is 2.35. The highest BCUT2D eigenvalue weighted by atomic mass is 19.4. The fourth-order valence-corrected chi connectivity index (χ4v) is 3.76. The van der Waals surface area contributed by atoms with E-state index in [1.54, 1.807) is 24.3 Å². The molecule has 8 nitrogen and oxygen atoms in total. The van der Waals surface area contributed by atoms with Crippen LogP contribution in [0.1, 0.15) is 26.3 Å². The standard InChI is InChI=1S/C22H14F3N5O3/c23-22(24,25)13-4-3-5-14(10-13)30-18-17(11-27-30)19(31)28(12-26-18)8-9-29-20(32)15-6-1-2-7-16(15)21(29)33/h1-7,10-12H,8-9H2. The smallest absolute Gasteiger partial charge is 0.297 e. The fraction of sp³-hybridized carbons (Fsp3) is 0.136. The summed E-state index contributed by atoms with van der Waals surface area (Å²) in [6.07, 6.45) is -2.08. The largest absolute Gasteiger partial charge is 0.416 e. The number of imide groups is 1. The molecule has 33 heavy (non-hydrogen) atoms. The number of carbonyl (C=O) groups is 2. The van der Waals surface area contributed by atoms with Crippen LogP contribution in [-0.2, 0) is 12.7 Å². The number of benzene rings is 2. The molecule has 1 aliphatic rings. The summed E-state index contributed by atoms with van der Waals surface area (Å²) in [6.45, 7) is -0.0385. The number of rotatable bonds is 4. The second-order valence-corrected chi connectivity index (χ2v) is 7.39. The number of amides is 2. The van der Waals surface area contributed by atoms with Gasteiger partial charge in [0.2, 0.25) is 0 Å². The lowest BCUT2D eigenvalue weighted by Crippen LogP contribution is -2.35. The van der Waals surface area contributed by atoms with Crippen molar-refractivity contribution in [3.05, 3.63) is 88.1 Å². The minimum absolute atomic E-state index is 0.00197. The summed E-state index contributed by atoms with van der Waals surface area (Å²) in [4.78, 5) is 43.1. The van der Waals surface area contributed by atoms with Gasteiger partial charge in [-0.15, -0.1) is 0 Å². The Morgan fingerprint density at radius 2 is 1.58 bits per heavy atom. The first kappa shape index (κ1) is 20.6. The Morgan fingerprint density at radius 1 is 0.879 bits per heavy atom. The third-order valence-electron chi connectivity index (χ3n) is 5.42. The van der Waals surface area contributed by atoms with Gasteiger partial charge in [-0.25, -0.2) is 9.67 Å². The number of aromatic nitrogens is 4. The molecule has 0 radical (unpaired) electrons. The van der Waals surface area contributed by atoms with Crippen molar-refractivity contribution < 1.29 is 22.8 Å². The molecular formula is C22H14F3N5O3. The lowest BCUT2D eigenvalue weighted by molar-refractivity contribution is -0.137. The van der Waals surface area contributed by atoms with Crippen molar-refractivity contribution in [2.45, 2.75) is 12.7 Å². The number of hydrogen-bond acceptors (Lipinski definition) is 5. The third-order valence-corrected chi connectivity index (χ3v) is 5.42. The molecule has 4 aromatic rings. The maximum absolute atomic E-state index is 13.0. The predicted molar refractivity (Wildman–Crippen MR) is 110 cm³/mol. The second-order valence-electron chi connectivity index (χ2n) is 7.39. The van der Waals surface area contributed by atoms with Gasteiger partial charge in [0.1, 0.15) is 11.7 Å². The summed E-state index contributed by atoms with van der Waals surface area (Å²) < 4.78 is 41.5. The Labute approximate surface area is 183 Å². The maximum Gasteiger partial charge on any atom is 0.416 e. The first-order chi connectivity index (χ1) is 15.8. The number of fused-ring (bicyclic) bond motifs is 2. The van der Waals surface area contributed by atoms with E-state index in [2.05, 4.69) is 10.1 Å². The second kappa shape index (κ2) is 7.40. The van der Waals surface area contributed by atoms with Crippen LogP contribution in [0.4, 0.5) is 13.2 Å². The van der Waals surface area contributed by atoms with Crippen molar-refractivity contribution in [3.63, 3.8) is 0 Å². The number of alkyl halides is 3. The molecule has 3 heterocycles. The van der Waals surface area contributed by atoms with E-state index < -0.39 is 29.1 Å². The topological polar surface area (TPSA) is 90.1 Å². The molecule has 0 saturated carbocycles. The Balaban J connectivity index is 1.43. The van der Waals surface area contributed by atoms with Crippen molar-refractivity contribution in [2.75, 3.05) is 6.54 Å². The molecule has 2 amide bonds. The van der Waals surface area contributed by atoms with Crippen LogP contribution in [0.15, 0.2) is 65.8 Å². The predicted octanol–water partition coefficient (Wildman–Crippen LogP) is 2.90. The van der Waals surface area contributed by atoms with Crippen LogP contribution in [0.25, 0.3) is 16.7 Å². The summed E-state index contributed by atoms with van der Waals surface area (Å²) in [5.74, 6) is -0.870. The molecule has 0 aliphatic carbocycles. The van der Waals surface area contributed by atoms with Crippen LogP contribution in [0.3, 0.4) is 0 Å². The summed E-state index contributed by atoms with van der Waals surface area (Å²) in [7, 11) is 0. The van der Waals surface area contributed by atoms with Crippen LogP contribution < -0.4 is 5.56 Å². The van der Waals surface area contributed by atoms with Gasteiger partial charge >= 0.3 is 6.18 Å². The van der Waals surface area contributed by atoms with Gasteiger partial charge in [0.05, 0.1) is 28.6 Å². The van der Waals surface area contributed by atoms with Gasteiger partial charge in [-0.1, -0.05) is 18.2 Å². The normalized spacial score (nSPS) is 13.7. The lowest BCUT2D eigenvalue weighted by atomic mass is 10.1. The van der Waals surface area contributed by atoms with Gasteiger partial charge < -0.3 is 0 Å². The Bertz CT molecular complexity index is 1450. The average molecular weight is 453 g/mol. The molecule has 0 spiro atoms. The summed E-state index contributed by atoms with van der Waals surface area (Å²) in [5.41, 5.74) is -0.517. The summed E-state index contributed by atoms with van der Waals surface area (Å²) in [5, 5.41) is 4.13. The lowest BCUT2D eigenvalue weighted by Gasteiger charge is -2.14. The maximum atomic E-state index is 13.0. The Morgan fingerprint density at radius 3 is 2.24 bits per heavy atom. The van der Waals surface area contributed by atoms with Gasteiger partial charge in [-0.05, 0) is 30.3 Å². The van der Waals surface area contributed by atoms with E-state index in [0.717, 1.165) is 21.7 Å². The number of nitrogens with zero attached hydrogens (tertiary/aromatic N) is 5. The number of halogens is 3. The van der Waals surface area contributed by atoms with Crippen molar-refractivity contribution in [2.24, 2.45) is 0 Å². The molecule has 5 rings (SSSR count). The van der Waals surface area contributed by atoms with Gasteiger partial charge in [-0.3, -0.25) is 23.9 Å². The van der Waals surface area contributed by atoms with E-state index in [0.29, 0.717) is 11.1 Å². The van der Waals surface area contributed by atoms with Crippen LogP contribution in [0.2, 0.25) is 0 Å². The van der Waals surface area contributed by atoms with Gasteiger partial charge in [0.15, 0.2) is 5.65 Å². The SMILES string of the molecule is O=C1c2ccccc2C(=O)N1CCn1cnc2c(cnn2-c2cccc(C(F)(F)F)c2)c1=O. The molecule has 2 aromatic heterocycles. The van der Waals surface area contributed by atoms with Crippen LogP contribution in [0, 0.1) is 0 Å². The molecule has 0 N–H and O–H groups in total. The van der Waals surface area contributed by atoms with E-state index in [1.165, 1.54) is 29.2 Å². The molecule has 2 aromatic carbocycles. The average Bonchev–Trinajstić information content (AvgIpc) is 3.34. The molecule has 1 aliphatic heterocycles. The van der Waals surface area contributed by atoms with Crippen LogP contribution >= 0.6 is 0 Å². The van der Waals surface area contributed by atoms with E-state index in [4.69, 9.17) is 0 Å². The van der Waals surface area contributed by atoms with Crippen molar-refractivity contribution in [1.29, 1.82) is 0 Å². The third kappa shape index (κ3) is 3.37. The minimum Gasteiger partial charge on any atom is -0.297 e. The van der Waals surface area contributed by atoms with E-state index in [-0.39, 0.29) is 29.8 Å². The zero-order valence-electron chi connectivity index (χ0n) is 16.8. The Kier molecular flexibility index (Phi) is 4.62. The molecule has 0 unspecified atom stereocenters. The van der Waals surface area contributed by atoms with Crippen molar-refractivity contribution >= 4 is 22.8 Å². The summed E-state index contributed by atoms with van der Waals surface area (Å²) in [6, 6.07) is 11.0. The molecule has 0 atom stereocenters. The number of hydrogen-bond donors (Lipinski definition) is 0. The van der Waals surface area contributed by atoms with Crippen LogP contribution in [-0.4, -0.2) is 42.6 Å². The first-order valence-electron chi connectivity index (χ1n) is 9.82. The highest BCUT2D eigenvalue weighted by Crippen LogP contribution is 2.30. The van der Waals surface area contributed by atoms with Gasteiger partial charge in [0.25, 0.3) is 17.4 Å². The highest BCUT2D eigenvalue weighted by molar-refractivity contribution is 6.21. The molecule has 11 heteroatoms.